The fourth-order valence-corrected chi connectivity index (χ4v) is 3.73. The van der Waals surface area contributed by atoms with Crippen molar-refractivity contribution < 1.29 is 0 Å². The predicted octanol–water partition coefficient (Wildman–Crippen LogP) is 2.95. The van der Waals surface area contributed by atoms with Crippen LogP contribution in [0.1, 0.15) is 17.8 Å². The van der Waals surface area contributed by atoms with Crippen LogP contribution in [0.4, 0.5) is 11.8 Å². The average molecular weight is 436 g/mol. The van der Waals surface area contributed by atoms with E-state index < -0.39 is 0 Å². The van der Waals surface area contributed by atoms with Gasteiger partial charge in [0, 0.05) is 18.9 Å². The fraction of sp³-hybridized carbons (Fsp3) is 0.125. The first kappa shape index (κ1) is 20.2. The Hall–Kier alpha value is -4.71. The molecule has 3 heterocycles. The van der Waals surface area contributed by atoms with Gasteiger partial charge >= 0.3 is 0 Å². The Balaban J connectivity index is 1.45. The van der Waals surface area contributed by atoms with E-state index in [9.17, 15) is 4.79 Å². The fourth-order valence-electron chi connectivity index (χ4n) is 3.73. The number of nitrogens with one attached hydrogen (secondary N) is 2. The van der Waals surface area contributed by atoms with Gasteiger partial charge in [0.25, 0.3) is 5.56 Å². The van der Waals surface area contributed by atoms with Gasteiger partial charge in [-0.1, -0.05) is 36.3 Å². The minimum absolute atomic E-state index is 0.0808. The van der Waals surface area contributed by atoms with Crippen LogP contribution in [0.25, 0.3) is 27.8 Å². The number of hydrogen-bond donors (Lipinski definition) is 3. The van der Waals surface area contributed by atoms with Gasteiger partial charge < -0.3 is 10.7 Å². The number of rotatable bonds is 4. The van der Waals surface area contributed by atoms with Gasteiger partial charge in [-0.05, 0) is 30.7 Å². The summed E-state index contributed by atoms with van der Waals surface area (Å²) in [4.78, 5) is 33.5. The van der Waals surface area contributed by atoms with Crippen LogP contribution < -0.4 is 16.6 Å². The van der Waals surface area contributed by atoms with Crippen molar-refractivity contribution in [3.63, 3.8) is 0 Å². The standard InChI is InChI=1S/C24H20N8O/c1-15-8-7-11-17-19(15)23(33)32(16-9-3-2-4-10-16)18(29-17)12-5-6-13-26-21-20-22(28-14-27-20)31-24(25)30-21/h2-4,7-11,14H,5,12H2,1H3,(H4,25,26,27,28,30,31). The molecule has 9 nitrogen and oxygen atoms in total. The molecule has 0 amide bonds. The molecule has 162 valence electrons. The normalized spacial score (nSPS) is 10.8. The second-order valence-electron chi connectivity index (χ2n) is 7.43. The molecule has 3 aromatic heterocycles. The van der Waals surface area contributed by atoms with Gasteiger partial charge in [0.2, 0.25) is 5.95 Å². The summed E-state index contributed by atoms with van der Waals surface area (Å²) in [6.45, 7) is 1.92. The monoisotopic (exact) mass is 436 g/mol. The molecular weight excluding hydrogens is 416 g/mol. The molecule has 0 atom stereocenters. The molecule has 4 N–H and O–H groups in total. The number of nitrogens with two attached hydrogens (primary N) is 1. The summed E-state index contributed by atoms with van der Waals surface area (Å²) < 4.78 is 1.67. The van der Waals surface area contributed by atoms with Gasteiger partial charge in [-0.3, -0.25) is 14.7 Å². The number of H-pyrrole nitrogens is 1. The van der Waals surface area contributed by atoms with Gasteiger partial charge in [0.1, 0.15) is 5.82 Å². The van der Waals surface area contributed by atoms with Gasteiger partial charge in [-0.25, -0.2) is 9.97 Å². The zero-order valence-electron chi connectivity index (χ0n) is 17.8. The van der Waals surface area contributed by atoms with Crippen molar-refractivity contribution in [2.45, 2.75) is 19.8 Å². The molecule has 5 aromatic rings. The molecule has 5 rings (SSSR count). The van der Waals surface area contributed by atoms with E-state index >= 15 is 0 Å². The Kier molecular flexibility index (Phi) is 5.16. The Morgan fingerprint density at radius 2 is 1.94 bits per heavy atom. The van der Waals surface area contributed by atoms with E-state index in [0.29, 0.717) is 46.6 Å². The van der Waals surface area contributed by atoms with E-state index in [1.807, 2.05) is 55.5 Å². The molecule has 0 saturated carbocycles. The Morgan fingerprint density at radius 1 is 1.09 bits per heavy atom. The molecule has 0 aliphatic heterocycles. The van der Waals surface area contributed by atoms with E-state index in [1.54, 1.807) is 4.57 Å². The molecule has 0 fully saturated rings. The van der Waals surface area contributed by atoms with Crippen molar-refractivity contribution in [3.05, 3.63) is 76.6 Å². The highest BCUT2D eigenvalue weighted by Gasteiger charge is 2.13. The lowest BCUT2D eigenvalue weighted by atomic mass is 10.1. The van der Waals surface area contributed by atoms with E-state index in [1.165, 1.54) is 6.33 Å². The van der Waals surface area contributed by atoms with Crippen LogP contribution in [0.15, 0.2) is 59.7 Å². The molecule has 0 bridgehead atoms. The van der Waals surface area contributed by atoms with E-state index in [4.69, 9.17) is 10.7 Å². The number of hydrogen-bond acceptors (Lipinski definition) is 7. The molecule has 0 saturated heterocycles. The number of fused-ring (bicyclic) bond motifs is 2. The number of aryl methyl sites for hydroxylation is 2. The van der Waals surface area contributed by atoms with Crippen LogP contribution in [-0.2, 0) is 6.42 Å². The Labute approximate surface area is 188 Å². The summed E-state index contributed by atoms with van der Waals surface area (Å²) in [5.41, 5.74) is 9.11. The smallest absolute Gasteiger partial charge is 0.266 e. The lowest BCUT2D eigenvalue weighted by Gasteiger charge is -2.13. The molecule has 0 radical (unpaired) electrons. The zero-order chi connectivity index (χ0) is 22.8. The molecular formula is C24H20N8O. The Bertz CT molecular complexity index is 1590. The molecule has 2 aromatic carbocycles. The molecule has 0 spiro atoms. The van der Waals surface area contributed by atoms with Crippen molar-refractivity contribution in [2.24, 2.45) is 0 Å². The molecule has 9 heteroatoms. The van der Waals surface area contributed by atoms with Crippen LogP contribution in [0, 0.1) is 18.9 Å². The van der Waals surface area contributed by atoms with Crippen molar-refractivity contribution in [2.75, 3.05) is 11.1 Å². The minimum Gasteiger partial charge on any atom is -0.368 e. The zero-order valence-corrected chi connectivity index (χ0v) is 17.8. The second kappa shape index (κ2) is 8.43. The summed E-state index contributed by atoms with van der Waals surface area (Å²) in [5.74, 6) is 4.27. The first-order chi connectivity index (χ1) is 16.1. The molecule has 0 aliphatic carbocycles. The summed E-state index contributed by atoms with van der Waals surface area (Å²) in [6, 6.07) is 18.1. The molecule has 33 heavy (non-hydrogen) atoms. The van der Waals surface area contributed by atoms with Crippen molar-refractivity contribution in [1.82, 2.24) is 29.5 Å². The first-order valence-electron chi connectivity index (χ1n) is 10.4. The van der Waals surface area contributed by atoms with Crippen molar-refractivity contribution >= 4 is 33.8 Å². The van der Waals surface area contributed by atoms with Crippen LogP contribution in [-0.4, -0.2) is 29.5 Å². The van der Waals surface area contributed by atoms with Gasteiger partial charge in [0.05, 0.1) is 22.9 Å². The SMILES string of the molecule is Cc1cccc2nc(CCC#CNc3nc(N)nc4[nH]cnc34)n(-c3ccccc3)c(=O)c12. The maximum atomic E-state index is 13.4. The molecule has 0 aliphatic rings. The number of para-hydroxylation sites is 1. The maximum absolute atomic E-state index is 13.4. The van der Waals surface area contributed by atoms with Crippen molar-refractivity contribution in [3.8, 4) is 17.7 Å². The molecule has 0 unspecified atom stereocenters. The predicted molar refractivity (Wildman–Crippen MR) is 128 cm³/mol. The Morgan fingerprint density at radius 3 is 2.79 bits per heavy atom. The first-order valence-corrected chi connectivity index (χ1v) is 10.4. The number of aromatic nitrogens is 6. The number of nitrogens with zero attached hydrogens (tertiary/aromatic N) is 5. The highest BCUT2D eigenvalue weighted by atomic mass is 16.1. The van der Waals surface area contributed by atoms with E-state index in [-0.39, 0.29) is 11.5 Å². The second-order valence-corrected chi connectivity index (χ2v) is 7.43. The third-order valence-electron chi connectivity index (χ3n) is 5.23. The lowest BCUT2D eigenvalue weighted by Crippen LogP contribution is -2.24. The number of nitrogen functional groups attached to an aromatic ring is 1. The summed E-state index contributed by atoms with van der Waals surface area (Å²) >= 11 is 0. The highest BCUT2D eigenvalue weighted by molar-refractivity contribution is 5.84. The third kappa shape index (κ3) is 3.85. The largest absolute Gasteiger partial charge is 0.368 e. The summed E-state index contributed by atoms with van der Waals surface area (Å²) in [7, 11) is 0. The minimum atomic E-state index is -0.0808. The van der Waals surface area contributed by atoms with Crippen LogP contribution >= 0.6 is 0 Å². The van der Waals surface area contributed by atoms with Gasteiger partial charge in [-0.2, -0.15) is 9.97 Å². The van der Waals surface area contributed by atoms with Crippen LogP contribution in [0.5, 0.6) is 0 Å². The number of benzene rings is 2. The number of imidazole rings is 1. The number of aromatic amines is 1. The lowest BCUT2D eigenvalue weighted by molar-refractivity contribution is 0.806. The number of anilines is 2. The van der Waals surface area contributed by atoms with Crippen LogP contribution in [0.2, 0.25) is 0 Å². The van der Waals surface area contributed by atoms with E-state index in [0.717, 1.165) is 11.3 Å². The third-order valence-corrected chi connectivity index (χ3v) is 5.23. The maximum Gasteiger partial charge on any atom is 0.266 e. The quantitative estimate of drug-likeness (QED) is 0.292. The van der Waals surface area contributed by atoms with Gasteiger partial charge in [-0.15, -0.1) is 0 Å². The summed E-state index contributed by atoms with van der Waals surface area (Å²) in [5, 5.41) is 3.56. The van der Waals surface area contributed by atoms with E-state index in [2.05, 4.69) is 37.2 Å². The van der Waals surface area contributed by atoms with Crippen molar-refractivity contribution in [1.29, 1.82) is 0 Å². The highest BCUT2D eigenvalue weighted by Crippen LogP contribution is 2.18. The average Bonchev–Trinajstić information content (AvgIpc) is 3.28. The van der Waals surface area contributed by atoms with Gasteiger partial charge in [0.15, 0.2) is 17.0 Å². The topological polar surface area (TPSA) is 127 Å². The van der Waals surface area contributed by atoms with Crippen LogP contribution in [0.3, 0.4) is 0 Å². The summed E-state index contributed by atoms with van der Waals surface area (Å²) in [6.07, 6.45) is 2.49.